The van der Waals surface area contributed by atoms with Crippen LogP contribution in [0.5, 0.6) is 0 Å². The zero-order valence-corrected chi connectivity index (χ0v) is 26.9. The molecule has 2 aliphatic carbocycles. The molecule has 2 saturated carbocycles. The molecule has 5 atom stereocenters. The lowest BCUT2D eigenvalue weighted by atomic mass is 9.71. The van der Waals surface area contributed by atoms with E-state index >= 15 is 0 Å². The van der Waals surface area contributed by atoms with Crippen LogP contribution in [0.1, 0.15) is 77.7 Å². The van der Waals surface area contributed by atoms with Crippen LogP contribution in [0.15, 0.2) is 66.7 Å². The molecular formula is C38H51NO5. The standard InChI is InChI=1S/C38H51NO5/c1-28-23-32(26-38(2,3)25-28)44-36(41)14-10-5-4-9-13-33-35(24-34(40)37(33)39-19-21-42-22-20-39)43-27-29-15-17-31(18-16-29)30-11-7-6-8-12-30/h4-8,11-12,15-18,28,32-33,35,37H,9-10,13-14,19-27H2,1-3H3/b5-4-/t28-,32+,33?,35?,37-/m0/s1. The number of rotatable bonds is 12. The Kier molecular flexibility index (Phi) is 11.5. The maximum atomic E-state index is 13.3. The third-order valence-electron chi connectivity index (χ3n) is 9.57. The average molecular weight is 602 g/mol. The number of carbonyl (C=O) groups excluding carboxylic acids is 2. The van der Waals surface area contributed by atoms with Gasteiger partial charge in [-0.1, -0.05) is 87.5 Å². The molecule has 3 aliphatic rings. The summed E-state index contributed by atoms with van der Waals surface area (Å²) in [4.78, 5) is 28.1. The third-order valence-corrected chi connectivity index (χ3v) is 9.57. The highest BCUT2D eigenvalue weighted by Crippen LogP contribution is 2.40. The van der Waals surface area contributed by atoms with Gasteiger partial charge in [0, 0.05) is 31.8 Å². The highest BCUT2D eigenvalue weighted by atomic mass is 16.5. The normalized spacial score (nSPS) is 27.5. The molecule has 0 aromatic heterocycles. The Balaban J connectivity index is 1.12. The first-order valence-electron chi connectivity index (χ1n) is 16.7. The molecule has 6 heteroatoms. The molecule has 3 fully saturated rings. The van der Waals surface area contributed by atoms with Gasteiger partial charge in [-0.15, -0.1) is 0 Å². The summed E-state index contributed by atoms with van der Waals surface area (Å²) in [7, 11) is 0. The summed E-state index contributed by atoms with van der Waals surface area (Å²) < 4.78 is 17.9. The van der Waals surface area contributed by atoms with Gasteiger partial charge in [-0.3, -0.25) is 14.5 Å². The lowest BCUT2D eigenvalue weighted by molar-refractivity contribution is -0.153. The average Bonchev–Trinajstić information content (AvgIpc) is 3.32. The highest BCUT2D eigenvalue weighted by molar-refractivity contribution is 5.87. The zero-order chi connectivity index (χ0) is 30.9. The number of allylic oxidation sites excluding steroid dienone is 2. The fourth-order valence-electron chi connectivity index (χ4n) is 7.71. The molecule has 1 saturated heterocycles. The molecule has 238 valence electrons. The number of carbonyl (C=O) groups is 2. The molecule has 6 nitrogen and oxygen atoms in total. The van der Waals surface area contributed by atoms with Gasteiger partial charge in [0.25, 0.3) is 0 Å². The first-order valence-corrected chi connectivity index (χ1v) is 16.7. The molecule has 0 amide bonds. The van der Waals surface area contributed by atoms with Crippen LogP contribution in [0.3, 0.4) is 0 Å². The first kappa shape index (κ1) is 32.6. The molecule has 2 unspecified atom stereocenters. The van der Waals surface area contributed by atoms with Crippen molar-refractivity contribution in [2.75, 3.05) is 26.3 Å². The lowest BCUT2D eigenvalue weighted by Gasteiger charge is -2.38. The summed E-state index contributed by atoms with van der Waals surface area (Å²) in [5.74, 6) is 0.917. The summed E-state index contributed by atoms with van der Waals surface area (Å²) in [6, 6.07) is 18.8. The van der Waals surface area contributed by atoms with E-state index in [1.54, 1.807) is 0 Å². The molecule has 0 spiro atoms. The number of Topliss-reactive ketones (excluding diaryl/α,β-unsaturated/α-hetero) is 1. The third kappa shape index (κ3) is 9.12. The fourth-order valence-corrected chi connectivity index (χ4v) is 7.71. The monoisotopic (exact) mass is 601 g/mol. The van der Waals surface area contributed by atoms with E-state index in [1.165, 1.54) is 17.5 Å². The van der Waals surface area contributed by atoms with E-state index < -0.39 is 0 Å². The molecule has 0 bridgehead atoms. The fraction of sp³-hybridized carbons (Fsp3) is 0.579. The lowest BCUT2D eigenvalue weighted by Crippen LogP contribution is -2.49. The Labute approximate surface area is 264 Å². The molecular weight excluding hydrogens is 550 g/mol. The topological polar surface area (TPSA) is 65.1 Å². The summed E-state index contributed by atoms with van der Waals surface area (Å²) in [6.07, 6.45) is 10.6. The number of esters is 1. The van der Waals surface area contributed by atoms with Gasteiger partial charge in [0.1, 0.15) is 6.10 Å². The number of morpholine rings is 1. The predicted octanol–water partition coefficient (Wildman–Crippen LogP) is 7.40. The van der Waals surface area contributed by atoms with Gasteiger partial charge in [0.2, 0.25) is 0 Å². The molecule has 44 heavy (non-hydrogen) atoms. The van der Waals surface area contributed by atoms with Gasteiger partial charge in [0.15, 0.2) is 5.78 Å². The van der Waals surface area contributed by atoms with Gasteiger partial charge in [0.05, 0.1) is 32.0 Å². The Bertz CT molecular complexity index is 1230. The van der Waals surface area contributed by atoms with Crippen molar-refractivity contribution in [2.24, 2.45) is 17.3 Å². The molecule has 2 aromatic carbocycles. The van der Waals surface area contributed by atoms with Crippen molar-refractivity contribution in [1.82, 2.24) is 4.90 Å². The molecule has 5 rings (SSSR count). The number of nitrogens with zero attached hydrogens (tertiary/aromatic N) is 1. The second-order valence-corrected chi connectivity index (χ2v) is 14.0. The summed E-state index contributed by atoms with van der Waals surface area (Å²) in [5, 5.41) is 0. The van der Waals surface area contributed by atoms with Crippen molar-refractivity contribution < 1.29 is 23.8 Å². The Morgan fingerprint density at radius 1 is 0.977 bits per heavy atom. The summed E-state index contributed by atoms with van der Waals surface area (Å²) in [6.45, 7) is 10.2. The Morgan fingerprint density at radius 2 is 1.68 bits per heavy atom. The van der Waals surface area contributed by atoms with Crippen LogP contribution in [-0.2, 0) is 30.4 Å². The van der Waals surface area contributed by atoms with Crippen LogP contribution in [0.4, 0.5) is 0 Å². The molecule has 1 heterocycles. The van der Waals surface area contributed by atoms with Crippen LogP contribution in [0.2, 0.25) is 0 Å². The quantitative estimate of drug-likeness (QED) is 0.187. The molecule has 1 aliphatic heterocycles. The van der Waals surface area contributed by atoms with E-state index in [-0.39, 0.29) is 41.3 Å². The van der Waals surface area contributed by atoms with E-state index in [9.17, 15) is 9.59 Å². The summed E-state index contributed by atoms with van der Waals surface area (Å²) in [5.41, 5.74) is 3.73. The SMILES string of the molecule is C[C@H]1C[C@@H](OC(=O)CC/C=C\CCC2C(OCc3ccc(-c4ccccc4)cc3)CC(=O)[C@H]2N2CCOCC2)CC(C)(C)C1. The van der Waals surface area contributed by atoms with Crippen LogP contribution in [0, 0.1) is 17.3 Å². The van der Waals surface area contributed by atoms with Gasteiger partial charge in [-0.05, 0) is 66.5 Å². The highest BCUT2D eigenvalue weighted by Gasteiger charge is 2.45. The largest absolute Gasteiger partial charge is 0.462 e. The Morgan fingerprint density at radius 3 is 2.41 bits per heavy atom. The van der Waals surface area contributed by atoms with Crippen molar-refractivity contribution >= 4 is 11.8 Å². The minimum absolute atomic E-state index is 0.0426. The maximum Gasteiger partial charge on any atom is 0.306 e. The van der Waals surface area contributed by atoms with Crippen molar-refractivity contribution in [3.63, 3.8) is 0 Å². The van der Waals surface area contributed by atoms with Gasteiger partial charge >= 0.3 is 5.97 Å². The smallest absolute Gasteiger partial charge is 0.306 e. The minimum atomic E-state index is -0.116. The Hall–Kier alpha value is -2.80. The van der Waals surface area contributed by atoms with E-state index in [4.69, 9.17) is 14.2 Å². The van der Waals surface area contributed by atoms with Gasteiger partial charge in [-0.25, -0.2) is 0 Å². The number of hydrogen-bond acceptors (Lipinski definition) is 6. The van der Waals surface area contributed by atoms with Crippen LogP contribution < -0.4 is 0 Å². The first-order chi connectivity index (χ1) is 21.3. The number of ether oxygens (including phenoxy) is 3. The molecule has 0 N–H and O–H groups in total. The molecule has 2 aromatic rings. The second-order valence-electron chi connectivity index (χ2n) is 14.0. The number of hydrogen-bond donors (Lipinski definition) is 0. The van der Waals surface area contributed by atoms with E-state index in [0.29, 0.717) is 45.0 Å². The summed E-state index contributed by atoms with van der Waals surface area (Å²) >= 11 is 0. The van der Waals surface area contributed by atoms with E-state index in [0.717, 1.165) is 44.3 Å². The second kappa shape index (κ2) is 15.5. The van der Waals surface area contributed by atoms with Crippen LogP contribution in [-0.4, -0.2) is 61.2 Å². The zero-order valence-electron chi connectivity index (χ0n) is 26.9. The molecule has 0 radical (unpaired) electrons. The van der Waals surface area contributed by atoms with Crippen molar-refractivity contribution in [2.45, 2.75) is 97.0 Å². The minimum Gasteiger partial charge on any atom is -0.462 e. The van der Waals surface area contributed by atoms with Gasteiger partial charge in [-0.2, -0.15) is 0 Å². The number of benzene rings is 2. The van der Waals surface area contributed by atoms with Gasteiger partial charge < -0.3 is 14.2 Å². The van der Waals surface area contributed by atoms with Crippen molar-refractivity contribution in [1.29, 1.82) is 0 Å². The number of ketones is 1. The van der Waals surface area contributed by atoms with E-state index in [2.05, 4.69) is 86.4 Å². The van der Waals surface area contributed by atoms with E-state index in [1.807, 2.05) is 6.07 Å². The van der Waals surface area contributed by atoms with Crippen molar-refractivity contribution in [3.8, 4) is 11.1 Å². The van der Waals surface area contributed by atoms with Crippen molar-refractivity contribution in [3.05, 3.63) is 72.3 Å². The van der Waals surface area contributed by atoms with Crippen LogP contribution >= 0.6 is 0 Å². The maximum absolute atomic E-state index is 13.3. The van der Waals surface area contributed by atoms with Crippen LogP contribution in [0.25, 0.3) is 11.1 Å². The predicted molar refractivity (Wildman–Crippen MR) is 174 cm³/mol.